The van der Waals surface area contributed by atoms with E-state index in [4.69, 9.17) is 14.8 Å². The summed E-state index contributed by atoms with van der Waals surface area (Å²) in [5.41, 5.74) is 0. The molecule has 0 heterocycles. The Balaban J connectivity index is 2.83. The first-order chi connectivity index (χ1) is 4.77. The summed E-state index contributed by atoms with van der Waals surface area (Å²) in [6.07, 6.45) is 1.61. The van der Waals surface area contributed by atoms with Crippen LogP contribution in [0.15, 0.2) is 12.7 Å². The molecule has 0 bridgehead atoms. The predicted molar refractivity (Wildman–Crippen MR) is 37.2 cm³/mol. The first-order valence-electron chi connectivity index (χ1n) is 2.93. The van der Waals surface area contributed by atoms with Crippen LogP contribution in [0.5, 0.6) is 0 Å². The first kappa shape index (κ1) is 9.64. The number of ether oxygens (including phenoxy) is 1. The number of hydrogen-bond acceptors (Lipinski definition) is 4. The normalized spacial score (nSPS) is 9.40. The van der Waals surface area contributed by atoms with Crippen LogP contribution in [0.1, 0.15) is 0 Å². The standard InChI is InChI=1S/C5H11BO4/c1-2-3-9-4-5-10-6(7)8/h2,7-8H,1,3-5H2. The highest BCUT2D eigenvalue weighted by Crippen LogP contribution is 1.78. The molecule has 0 atom stereocenters. The fourth-order valence-electron chi connectivity index (χ4n) is 0.379. The van der Waals surface area contributed by atoms with Gasteiger partial charge in [0.25, 0.3) is 0 Å². The molecule has 0 aromatic carbocycles. The molecule has 0 aliphatic heterocycles. The fraction of sp³-hybridized carbons (Fsp3) is 0.600. The zero-order chi connectivity index (χ0) is 7.82. The van der Waals surface area contributed by atoms with Crippen LogP contribution in [0.25, 0.3) is 0 Å². The van der Waals surface area contributed by atoms with Crippen LogP contribution in [-0.2, 0) is 9.39 Å². The third-order valence-electron chi connectivity index (χ3n) is 0.730. The molecule has 10 heavy (non-hydrogen) atoms. The van der Waals surface area contributed by atoms with Crippen molar-refractivity contribution in [1.29, 1.82) is 0 Å². The van der Waals surface area contributed by atoms with E-state index in [1.165, 1.54) is 0 Å². The Morgan fingerprint density at radius 3 is 2.60 bits per heavy atom. The zero-order valence-corrected chi connectivity index (χ0v) is 5.69. The van der Waals surface area contributed by atoms with Gasteiger partial charge in [0.05, 0.1) is 19.8 Å². The van der Waals surface area contributed by atoms with Crippen LogP contribution in [0, 0.1) is 0 Å². The Morgan fingerprint density at radius 2 is 2.10 bits per heavy atom. The molecule has 0 rings (SSSR count). The Bertz CT molecular complexity index is 85.7. The molecule has 0 aromatic heterocycles. The van der Waals surface area contributed by atoms with Gasteiger partial charge in [-0.2, -0.15) is 0 Å². The molecule has 0 spiro atoms. The molecular formula is C5H11BO4. The van der Waals surface area contributed by atoms with Crippen molar-refractivity contribution < 1.29 is 19.4 Å². The average molecular weight is 146 g/mol. The second-order valence-electron chi connectivity index (χ2n) is 1.56. The van der Waals surface area contributed by atoms with Crippen LogP contribution in [0.2, 0.25) is 0 Å². The van der Waals surface area contributed by atoms with Crippen molar-refractivity contribution in [2.45, 2.75) is 0 Å². The summed E-state index contributed by atoms with van der Waals surface area (Å²) in [6, 6.07) is 0. The van der Waals surface area contributed by atoms with Crippen LogP contribution < -0.4 is 0 Å². The van der Waals surface area contributed by atoms with E-state index in [0.717, 1.165) is 0 Å². The minimum absolute atomic E-state index is 0.172. The maximum atomic E-state index is 8.17. The number of rotatable bonds is 6. The van der Waals surface area contributed by atoms with E-state index < -0.39 is 7.32 Å². The monoisotopic (exact) mass is 146 g/mol. The first-order valence-corrected chi connectivity index (χ1v) is 2.93. The quantitative estimate of drug-likeness (QED) is 0.292. The van der Waals surface area contributed by atoms with Crippen molar-refractivity contribution in [1.82, 2.24) is 0 Å². The van der Waals surface area contributed by atoms with E-state index in [1.807, 2.05) is 0 Å². The minimum atomic E-state index is -1.70. The second-order valence-corrected chi connectivity index (χ2v) is 1.56. The van der Waals surface area contributed by atoms with Crippen molar-refractivity contribution in [2.75, 3.05) is 19.8 Å². The molecule has 0 radical (unpaired) electrons. The summed E-state index contributed by atoms with van der Waals surface area (Å²) in [4.78, 5) is 0. The number of hydrogen-bond donors (Lipinski definition) is 2. The second kappa shape index (κ2) is 6.76. The van der Waals surface area contributed by atoms with E-state index >= 15 is 0 Å². The summed E-state index contributed by atoms with van der Waals surface area (Å²) in [5, 5.41) is 16.3. The highest BCUT2D eigenvalue weighted by molar-refractivity contribution is 6.32. The van der Waals surface area contributed by atoms with Crippen molar-refractivity contribution in [2.24, 2.45) is 0 Å². The lowest BCUT2D eigenvalue weighted by atomic mass is 10.3. The summed E-state index contributed by atoms with van der Waals surface area (Å²) in [5.74, 6) is 0. The molecule has 58 valence electrons. The van der Waals surface area contributed by atoms with E-state index in [2.05, 4.69) is 11.2 Å². The topological polar surface area (TPSA) is 58.9 Å². The van der Waals surface area contributed by atoms with Crippen molar-refractivity contribution in [3.8, 4) is 0 Å². The van der Waals surface area contributed by atoms with E-state index in [9.17, 15) is 0 Å². The van der Waals surface area contributed by atoms with Gasteiger partial charge in [0.2, 0.25) is 0 Å². The molecule has 0 unspecified atom stereocenters. The van der Waals surface area contributed by atoms with Gasteiger partial charge in [-0.25, -0.2) is 0 Å². The summed E-state index contributed by atoms with van der Waals surface area (Å²) >= 11 is 0. The van der Waals surface area contributed by atoms with Gasteiger partial charge in [0.15, 0.2) is 0 Å². The maximum absolute atomic E-state index is 8.17. The van der Waals surface area contributed by atoms with Gasteiger partial charge >= 0.3 is 7.32 Å². The van der Waals surface area contributed by atoms with Crippen LogP contribution in [-0.4, -0.2) is 37.2 Å². The molecule has 0 saturated heterocycles. The summed E-state index contributed by atoms with van der Waals surface area (Å²) in [7, 11) is -1.70. The van der Waals surface area contributed by atoms with Gasteiger partial charge in [-0.1, -0.05) is 6.08 Å². The lowest BCUT2D eigenvalue weighted by molar-refractivity contribution is 0.0944. The molecule has 0 aliphatic rings. The molecule has 0 fully saturated rings. The highest BCUT2D eigenvalue weighted by Gasteiger charge is 2.06. The lowest BCUT2D eigenvalue weighted by Crippen LogP contribution is -2.19. The van der Waals surface area contributed by atoms with Crippen LogP contribution >= 0.6 is 0 Å². The average Bonchev–Trinajstić information content (AvgIpc) is 1.87. The van der Waals surface area contributed by atoms with Gasteiger partial charge in [0.1, 0.15) is 0 Å². The highest BCUT2D eigenvalue weighted by atomic mass is 16.6. The maximum Gasteiger partial charge on any atom is 0.633 e. The molecule has 0 aliphatic carbocycles. The van der Waals surface area contributed by atoms with Crippen LogP contribution in [0.3, 0.4) is 0 Å². The molecular weight excluding hydrogens is 135 g/mol. The van der Waals surface area contributed by atoms with Gasteiger partial charge in [-0.3, -0.25) is 0 Å². The molecule has 0 saturated carbocycles. The smallest absolute Gasteiger partial charge is 0.402 e. The summed E-state index contributed by atoms with van der Waals surface area (Å²) < 4.78 is 9.21. The third-order valence-corrected chi connectivity index (χ3v) is 0.730. The fourth-order valence-corrected chi connectivity index (χ4v) is 0.379. The zero-order valence-electron chi connectivity index (χ0n) is 5.69. The molecule has 2 N–H and O–H groups in total. The van der Waals surface area contributed by atoms with Crippen LogP contribution in [0.4, 0.5) is 0 Å². The third kappa shape index (κ3) is 7.64. The van der Waals surface area contributed by atoms with Crippen molar-refractivity contribution in [3.05, 3.63) is 12.7 Å². The van der Waals surface area contributed by atoms with E-state index in [0.29, 0.717) is 13.2 Å². The van der Waals surface area contributed by atoms with Gasteiger partial charge in [-0.15, -0.1) is 6.58 Å². The largest absolute Gasteiger partial charge is 0.633 e. The SMILES string of the molecule is C=CCOCCOB(O)O. The lowest BCUT2D eigenvalue weighted by Gasteiger charge is -2.01. The Labute approximate surface area is 60.3 Å². The van der Waals surface area contributed by atoms with E-state index in [1.54, 1.807) is 6.08 Å². The summed E-state index contributed by atoms with van der Waals surface area (Å²) in [6.45, 7) is 4.39. The molecule has 0 aromatic rings. The Hall–Kier alpha value is -0.355. The predicted octanol–water partition coefficient (Wildman–Crippen LogP) is -0.825. The Kier molecular flexibility index (Phi) is 6.52. The molecule has 0 amide bonds. The van der Waals surface area contributed by atoms with Gasteiger partial charge < -0.3 is 19.4 Å². The van der Waals surface area contributed by atoms with E-state index in [-0.39, 0.29) is 6.61 Å². The molecule has 4 nitrogen and oxygen atoms in total. The van der Waals surface area contributed by atoms with Gasteiger partial charge in [0, 0.05) is 0 Å². The molecule has 5 heteroatoms. The Morgan fingerprint density at radius 1 is 1.40 bits per heavy atom. The minimum Gasteiger partial charge on any atom is -0.402 e. The van der Waals surface area contributed by atoms with Crippen molar-refractivity contribution >= 4 is 7.32 Å². The van der Waals surface area contributed by atoms with Gasteiger partial charge in [-0.05, 0) is 0 Å². The van der Waals surface area contributed by atoms with Crippen molar-refractivity contribution in [3.63, 3.8) is 0 Å².